The summed E-state index contributed by atoms with van der Waals surface area (Å²) in [6, 6.07) is 3.48. The van der Waals surface area contributed by atoms with E-state index in [0.29, 0.717) is 24.8 Å². The zero-order valence-electron chi connectivity index (χ0n) is 13.2. The highest BCUT2D eigenvalue weighted by Crippen LogP contribution is 2.29. The third kappa shape index (κ3) is 2.73. The van der Waals surface area contributed by atoms with Gasteiger partial charge in [-0.05, 0) is 30.9 Å². The van der Waals surface area contributed by atoms with Gasteiger partial charge in [-0.1, -0.05) is 5.16 Å². The van der Waals surface area contributed by atoms with E-state index < -0.39 is 0 Å². The summed E-state index contributed by atoms with van der Waals surface area (Å²) in [5.41, 5.74) is 0.942. The molecule has 4 rings (SSSR count). The van der Waals surface area contributed by atoms with E-state index in [1.807, 2.05) is 40.9 Å². The van der Waals surface area contributed by atoms with E-state index in [2.05, 4.69) is 15.2 Å². The number of thiophene rings is 1. The Labute approximate surface area is 142 Å². The number of amides is 1. The third-order valence-electron chi connectivity index (χ3n) is 4.35. The number of likely N-dealkylation sites (tertiary alicyclic amines) is 1. The molecule has 0 N–H and O–H groups in total. The highest BCUT2D eigenvalue weighted by atomic mass is 32.1. The molecule has 24 heavy (non-hydrogen) atoms. The van der Waals surface area contributed by atoms with E-state index >= 15 is 0 Å². The lowest BCUT2D eigenvalue weighted by atomic mass is 10.1. The minimum atomic E-state index is -0.301. The van der Waals surface area contributed by atoms with Gasteiger partial charge in [-0.2, -0.15) is 21.4 Å². The van der Waals surface area contributed by atoms with E-state index in [1.54, 1.807) is 22.2 Å². The second-order valence-corrected chi connectivity index (χ2v) is 6.68. The molecule has 0 saturated carbocycles. The number of hydrogen-bond acceptors (Lipinski definition) is 6. The maximum absolute atomic E-state index is 12.6. The van der Waals surface area contributed by atoms with E-state index in [0.717, 1.165) is 12.0 Å². The summed E-state index contributed by atoms with van der Waals surface area (Å²) < 4.78 is 7.03. The van der Waals surface area contributed by atoms with Gasteiger partial charge in [-0.25, -0.2) is 0 Å². The van der Waals surface area contributed by atoms with Crippen molar-refractivity contribution in [3.63, 3.8) is 0 Å². The van der Waals surface area contributed by atoms with Crippen molar-refractivity contribution < 1.29 is 9.32 Å². The fraction of sp³-hybridized carbons (Fsp3) is 0.375. The Hall–Kier alpha value is -2.48. The van der Waals surface area contributed by atoms with Gasteiger partial charge in [0.1, 0.15) is 6.04 Å². The standard InChI is InChI=1S/C16H17N5O2S/c1-11(21-6-2-5-17-21)16(22)20-7-3-12(9-20)14-18-15(23-19-14)13-4-8-24-10-13/h2,4-6,8,10-12H,3,7,9H2,1H3/t11-,12+/m0/s1. The van der Waals surface area contributed by atoms with Gasteiger partial charge in [-0.3, -0.25) is 9.48 Å². The van der Waals surface area contributed by atoms with Crippen molar-refractivity contribution in [1.29, 1.82) is 0 Å². The number of nitrogens with zero attached hydrogens (tertiary/aromatic N) is 5. The lowest BCUT2D eigenvalue weighted by molar-refractivity contribution is -0.133. The molecule has 124 valence electrons. The van der Waals surface area contributed by atoms with Crippen molar-refractivity contribution in [2.24, 2.45) is 0 Å². The molecule has 3 aromatic rings. The Morgan fingerprint density at radius 3 is 3.17 bits per heavy atom. The van der Waals surface area contributed by atoms with Crippen LogP contribution in [0.2, 0.25) is 0 Å². The predicted octanol–water partition coefficient (Wildman–Crippen LogP) is 2.57. The van der Waals surface area contributed by atoms with Crippen molar-refractivity contribution in [2.45, 2.75) is 25.3 Å². The van der Waals surface area contributed by atoms with Crippen LogP contribution in [0.25, 0.3) is 11.5 Å². The molecule has 0 aliphatic carbocycles. The normalized spacial score (nSPS) is 18.9. The number of aromatic nitrogens is 4. The van der Waals surface area contributed by atoms with Crippen molar-refractivity contribution in [1.82, 2.24) is 24.8 Å². The molecule has 0 bridgehead atoms. The SMILES string of the molecule is C[C@@H](C(=O)N1CC[C@@H](c2noc(-c3ccsc3)n2)C1)n1cccn1. The zero-order chi connectivity index (χ0) is 16.5. The summed E-state index contributed by atoms with van der Waals surface area (Å²) in [6.45, 7) is 3.19. The van der Waals surface area contributed by atoms with Gasteiger partial charge in [0, 0.05) is 36.8 Å². The number of rotatable bonds is 4. The number of carbonyl (C=O) groups is 1. The molecule has 0 aromatic carbocycles. The summed E-state index contributed by atoms with van der Waals surface area (Å²) in [5.74, 6) is 1.41. The van der Waals surface area contributed by atoms with Crippen LogP contribution in [0, 0.1) is 0 Å². The summed E-state index contributed by atoms with van der Waals surface area (Å²) in [7, 11) is 0. The Kier molecular flexibility index (Phi) is 3.89. The molecule has 1 fully saturated rings. The number of carbonyl (C=O) groups excluding carboxylic acids is 1. The lowest BCUT2D eigenvalue weighted by Crippen LogP contribution is -2.34. The van der Waals surface area contributed by atoms with Crippen molar-refractivity contribution in [3.8, 4) is 11.5 Å². The van der Waals surface area contributed by atoms with Crippen molar-refractivity contribution in [2.75, 3.05) is 13.1 Å². The fourth-order valence-corrected chi connectivity index (χ4v) is 3.59. The molecule has 0 radical (unpaired) electrons. The largest absolute Gasteiger partial charge is 0.340 e. The summed E-state index contributed by atoms with van der Waals surface area (Å²) >= 11 is 1.59. The highest BCUT2D eigenvalue weighted by molar-refractivity contribution is 7.08. The van der Waals surface area contributed by atoms with E-state index in [9.17, 15) is 4.79 Å². The van der Waals surface area contributed by atoms with Crippen LogP contribution in [0.4, 0.5) is 0 Å². The lowest BCUT2D eigenvalue weighted by Gasteiger charge is -2.20. The zero-order valence-corrected chi connectivity index (χ0v) is 14.0. The Morgan fingerprint density at radius 1 is 1.50 bits per heavy atom. The second-order valence-electron chi connectivity index (χ2n) is 5.90. The molecular weight excluding hydrogens is 326 g/mol. The molecule has 8 heteroatoms. The van der Waals surface area contributed by atoms with Crippen LogP contribution in [0.3, 0.4) is 0 Å². The van der Waals surface area contributed by atoms with Gasteiger partial charge < -0.3 is 9.42 Å². The molecule has 4 heterocycles. The monoisotopic (exact) mass is 343 g/mol. The average Bonchev–Trinajstić information content (AvgIpc) is 3.40. The molecule has 0 unspecified atom stereocenters. The first-order valence-corrected chi connectivity index (χ1v) is 8.81. The minimum Gasteiger partial charge on any atom is -0.340 e. The Morgan fingerprint density at radius 2 is 2.42 bits per heavy atom. The highest BCUT2D eigenvalue weighted by Gasteiger charge is 2.33. The molecule has 2 atom stereocenters. The van der Waals surface area contributed by atoms with E-state index in [4.69, 9.17) is 4.52 Å². The molecule has 1 saturated heterocycles. The smallest absolute Gasteiger partial charge is 0.258 e. The van der Waals surface area contributed by atoms with Gasteiger partial charge >= 0.3 is 0 Å². The Balaban J connectivity index is 1.44. The first-order valence-electron chi connectivity index (χ1n) is 7.86. The minimum absolute atomic E-state index is 0.0720. The van der Waals surface area contributed by atoms with Crippen molar-refractivity contribution >= 4 is 17.2 Å². The summed E-state index contributed by atoms with van der Waals surface area (Å²) in [4.78, 5) is 19.0. The van der Waals surface area contributed by atoms with Crippen molar-refractivity contribution in [3.05, 3.63) is 41.1 Å². The molecule has 1 aliphatic rings. The molecule has 0 spiro atoms. The van der Waals surface area contributed by atoms with Crippen LogP contribution in [0.15, 0.2) is 39.8 Å². The fourth-order valence-electron chi connectivity index (χ4n) is 2.96. The van der Waals surface area contributed by atoms with E-state index in [1.165, 1.54) is 0 Å². The Bertz CT molecular complexity index is 812. The van der Waals surface area contributed by atoms with Gasteiger partial charge in [0.05, 0.1) is 5.56 Å². The topological polar surface area (TPSA) is 77.0 Å². The molecule has 7 nitrogen and oxygen atoms in total. The molecule has 3 aromatic heterocycles. The van der Waals surface area contributed by atoms with Crippen LogP contribution in [0.1, 0.15) is 31.1 Å². The summed E-state index contributed by atoms with van der Waals surface area (Å²) in [5, 5.41) is 12.2. The number of hydrogen-bond donors (Lipinski definition) is 0. The second kappa shape index (κ2) is 6.20. The van der Waals surface area contributed by atoms with Gasteiger partial charge in [0.25, 0.3) is 5.89 Å². The first kappa shape index (κ1) is 15.1. The first-order chi connectivity index (χ1) is 11.7. The van der Waals surface area contributed by atoms with Gasteiger partial charge in [-0.15, -0.1) is 0 Å². The maximum atomic E-state index is 12.6. The van der Waals surface area contributed by atoms with E-state index in [-0.39, 0.29) is 17.9 Å². The van der Waals surface area contributed by atoms with Gasteiger partial charge in [0.2, 0.25) is 5.91 Å². The van der Waals surface area contributed by atoms with Crippen LogP contribution >= 0.6 is 11.3 Å². The third-order valence-corrected chi connectivity index (χ3v) is 5.04. The average molecular weight is 343 g/mol. The summed E-state index contributed by atoms with van der Waals surface area (Å²) in [6.07, 6.45) is 4.34. The van der Waals surface area contributed by atoms with Crippen LogP contribution in [0.5, 0.6) is 0 Å². The maximum Gasteiger partial charge on any atom is 0.258 e. The molecule has 1 aliphatic heterocycles. The molecular formula is C16H17N5O2S. The van der Waals surface area contributed by atoms with Crippen LogP contribution in [-0.4, -0.2) is 43.8 Å². The van der Waals surface area contributed by atoms with Gasteiger partial charge in [0.15, 0.2) is 5.82 Å². The quantitative estimate of drug-likeness (QED) is 0.727. The predicted molar refractivity (Wildman–Crippen MR) is 88.5 cm³/mol. The van der Waals surface area contributed by atoms with Crippen LogP contribution in [-0.2, 0) is 4.79 Å². The molecule has 1 amide bonds. The van der Waals surface area contributed by atoms with Crippen LogP contribution < -0.4 is 0 Å².